The fourth-order valence-electron chi connectivity index (χ4n) is 2.83. The van der Waals surface area contributed by atoms with E-state index in [1.165, 1.54) is 5.56 Å². The van der Waals surface area contributed by atoms with Gasteiger partial charge in [-0.25, -0.2) is 19.6 Å². The largest absolute Gasteiger partial charge is 0.333 e. The molecule has 0 amide bonds. The molecule has 0 N–H and O–H groups in total. The maximum atomic E-state index is 4.48. The van der Waals surface area contributed by atoms with Gasteiger partial charge in [0.25, 0.3) is 0 Å². The first-order valence-electron chi connectivity index (χ1n) is 8.51. The van der Waals surface area contributed by atoms with Crippen molar-refractivity contribution >= 4 is 0 Å². The van der Waals surface area contributed by atoms with Gasteiger partial charge in [-0.2, -0.15) is 0 Å². The molecule has 26 heavy (non-hydrogen) atoms. The molecule has 0 fully saturated rings. The minimum atomic E-state index is 0.628. The van der Waals surface area contributed by atoms with Crippen molar-refractivity contribution in [3.05, 3.63) is 66.6 Å². The van der Waals surface area contributed by atoms with Gasteiger partial charge in [0.2, 0.25) is 0 Å². The molecule has 0 spiro atoms. The summed E-state index contributed by atoms with van der Waals surface area (Å²) in [5, 5.41) is 8.45. The van der Waals surface area contributed by atoms with Crippen LogP contribution in [0.4, 0.5) is 0 Å². The Kier molecular flexibility index (Phi) is 4.27. The van der Waals surface area contributed by atoms with E-state index in [2.05, 4.69) is 55.8 Å². The van der Waals surface area contributed by atoms with Crippen LogP contribution in [-0.4, -0.2) is 34.5 Å². The van der Waals surface area contributed by atoms with Crippen molar-refractivity contribution in [1.29, 1.82) is 0 Å². The van der Waals surface area contributed by atoms with E-state index in [4.69, 9.17) is 0 Å². The summed E-state index contributed by atoms with van der Waals surface area (Å²) in [7, 11) is 0. The van der Waals surface area contributed by atoms with Crippen LogP contribution in [0.5, 0.6) is 0 Å². The Labute approximate surface area is 151 Å². The van der Waals surface area contributed by atoms with E-state index < -0.39 is 0 Å². The Balaban J connectivity index is 1.54. The predicted molar refractivity (Wildman–Crippen MR) is 98.2 cm³/mol. The molecule has 4 rings (SSSR count). The van der Waals surface area contributed by atoms with Gasteiger partial charge < -0.3 is 4.57 Å². The molecule has 0 aliphatic rings. The molecule has 7 nitrogen and oxygen atoms in total. The quantitative estimate of drug-likeness (QED) is 0.556. The number of hydrogen-bond acceptors (Lipinski definition) is 5. The van der Waals surface area contributed by atoms with Crippen LogP contribution in [0.25, 0.3) is 22.6 Å². The van der Waals surface area contributed by atoms with Crippen LogP contribution in [0.2, 0.25) is 0 Å². The third-order valence-electron chi connectivity index (χ3n) is 4.23. The molecule has 0 saturated carbocycles. The number of nitrogens with zero attached hydrogens (tertiary/aromatic N) is 7. The highest BCUT2D eigenvalue weighted by Gasteiger charge is 2.09. The summed E-state index contributed by atoms with van der Waals surface area (Å²) >= 11 is 0. The molecule has 0 atom stereocenters. The van der Waals surface area contributed by atoms with Crippen molar-refractivity contribution < 1.29 is 0 Å². The van der Waals surface area contributed by atoms with Gasteiger partial charge in [0, 0.05) is 30.1 Å². The lowest BCUT2D eigenvalue weighted by Gasteiger charge is -2.04. The second-order valence-corrected chi connectivity index (χ2v) is 6.14. The van der Waals surface area contributed by atoms with E-state index in [1.54, 1.807) is 17.1 Å². The van der Waals surface area contributed by atoms with Crippen molar-refractivity contribution in [2.24, 2.45) is 0 Å². The molecule has 130 valence electrons. The molecule has 0 saturated heterocycles. The van der Waals surface area contributed by atoms with Gasteiger partial charge in [-0.1, -0.05) is 29.0 Å². The normalized spacial score (nSPS) is 11.0. The third kappa shape index (κ3) is 3.23. The molecular formula is C19H19N7. The van der Waals surface area contributed by atoms with Gasteiger partial charge in [-0.3, -0.25) is 0 Å². The zero-order valence-corrected chi connectivity index (χ0v) is 14.7. The molecule has 7 heteroatoms. The fourth-order valence-corrected chi connectivity index (χ4v) is 2.83. The number of imidazole rings is 1. The summed E-state index contributed by atoms with van der Waals surface area (Å²) < 4.78 is 3.88. The molecule has 0 aliphatic carbocycles. The minimum absolute atomic E-state index is 0.628. The van der Waals surface area contributed by atoms with Crippen LogP contribution in [-0.2, 0) is 13.1 Å². The highest BCUT2D eigenvalue weighted by Crippen LogP contribution is 2.19. The third-order valence-corrected chi connectivity index (χ3v) is 4.23. The zero-order valence-electron chi connectivity index (χ0n) is 14.7. The Bertz CT molecular complexity index is 1010. The van der Waals surface area contributed by atoms with Gasteiger partial charge in [0.1, 0.15) is 5.69 Å². The van der Waals surface area contributed by atoms with E-state index in [0.717, 1.165) is 29.1 Å². The summed E-state index contributed by atoms with van der Waals surface area (Å²) in [5.74, 6) is 0.705. The Morgan fingerprint density at radius 2 is 1.88 bits per heavy atom. The molecule has 1 aromatic carbocycles. The Hall–Kier alpha value is -3.35. The maximum absolute atomic E-state index is 4.48. The topological polar surface area (TPSA) is 74.3 Å². The lowest BCUT2D eigenvalue weighted by atomic mass is 10.1. The zero-order chi connectivity index (χ0) is 17.9. The van der Waals surface area contributed by atoms with Crippen molar-refractivity contribution in [2.45, 2.75) is 26.9 Å². The van der Waals surface area contributed by atoms with Crippen molar-refractivity contribution in [2.75, 3.05) is 0 Å². The number of hydrogen-bond donors (Lipinski definition) is 0. The van der Waals surface area contributed by atoms with Gasteiger partial charge in [-0.05, 0) is 19.9 Å². The average molecular weight is 345 g/mol. The molecule has 3 aromatic heterocycles. The summed E-state index contributed by atoms with van der Waals surface area (Å²) in [6.45, 7) is 5.65. The van der Waals surface area contributed by atoms with Crippen molar-refractivity contribution in [3.63, 3.8) is 0 Å². The highest BCUT2D eigenvalue weighted by atomic mass is 15.4. The lowest BCUT2D eigenvalue weighted by molar-refractivity contribution is 0.602. The van der Waals surface area contributed by atoms with E-state index in [9.17, 15) is 0 Å². The van der Waals surface area contributed by atoms with Gasteiger partial charge in [-0.15, -0.1) is 5.10 Å². The van der Waals surface area contributed by atoms with Gasteiger partial charge in [0.15, 0.2) is 5.82 Å². The van der Waals surface area contributed by atoms with E-state index >= 15 is 0 Å². The van der Waals surface area contributed by atoms with Crippen molar-refractivity contribution in [3.8, 4) is 22.6 Å². The maximum Gasteiger partial charge on any atom is 0.159 e. The smallest absolute Gasteiger partial charge is 0.159 e. The first-order chi connectivity index (χ1) is 12.7. The summed E-state index contributed by atoms with van der Waals surface area (Å²) in [5.41, 5.74) is 4.88. The van der Waals surface area contributed by atoms with E-state index in [0.29, 0.717) is 12.4 Å². The van der Waals surface area contributed by atoms with Crippen LogP contribution in [0.15, 0.2) is 55.4 Å². The number of aryl methyl sites for hydroxylation is 2. The second-order valence-electron chi connectivity index (χ2n) is 6.14. The second kappa shape index (κ2) is 6.87. The fraction of sp³-hybridized carbons (Fsp3) is 0.211. The standard InChI is InChI=1S/C19H19N7/c1-3-25-13-20-10-17(25)11-26-12-18(23-24-26)16-8-21-19(22-9-16)15-6-4-5-14(2)7-15/h4-10,12-13H,3,11H2,1-2H3. The lowest BCUT2D eigenvalue weighted by Crippen LogP contribution is -2.06. The molecule has 0 bridgehead atoms. The SMILES string of the molecule is CCn1cncc1Cn1cc(-c2cnc(-c3cccc(C)c3)nc2)nn1. The summed E-state index contributed by atoms with van der Waals surface area (Å²) in [6.07, 6.45) is 9.15. The summed E-state index contributed by atoms with van der Waals surface area (Å²) in [4.78, 5) is 13.1. The van der Waals surface area contributed by atoms with Crippen LogP contribution in [0, 0.1) is 6.92 Å². The van der Waals surface area contributed by atoms with Crippen LogP contribution >= 0.6 is 0 Å². The van der Waals surface area contributed by atoms with Crippen LogP contribution < -0.4 is 0 Å². The summed E-state index contributed by atoms with van der Waals surface area (Å²) in [6, 6.07) is 8.15. The number of benzene rings is 1. The van der Waals surface area contributed by atoms with E-state index in [-0.39, 0.29) is 0 Å². The predicted octanol–water partition coefficient (Wildman–Crippen LogP) is 2.98. The average Bonchev–Trinajstić information content (AvgIpc) is 3.31. The first-order valence-corrected chi connectivity index (χ1v) is 8.51. The monoisotopic (exact) mass is 345 g/mol. The number of rotatable bonds is 5. The molecule has 0 radical (unpaired) electrons. The molecule has 3 heterocycles. The van der Waals surface area contributed by atoms with Crippen LogP contribution in [0.1, 0.15) is 18.2 Å². The molecule has 0 unspecified atom stereocenters. The van der Waals surface area contributed by atoms with Gasteiger partial charge >= 0.3 is 0 Å². The Morgan fingerprint density at radius 1 is 1.04 bits per heavy atom. The molecule has 0 aliphatic heterocycles. The van der Waals surface area contributed by atoms with E-state index in [1.807, 2.05) is 30.9 Å². The number of aromatic nitrogens is 7. The van der Waals surface area contributed by atoms with Gasteiger partial charge in [0.05, 0.1) is 31.0 Å². The molecule has 4 aromatic rings. The molecular weight excluding hydrogens is 326 g/mol. The van der Waals surface area contributed by atoms with Crippen LogP contribution in [0.3, 0.4) is 0 Å². The first kappa shape index (κ1) is 16.1. The highest BCUT2D eigenvalue weighted by molar-refractivity contribution is 5.60. The van der Waals surface area contributed by atoms with Crippen molar-refractivity contribution in [1.82, 2.24) is 34.5 Å². The minimum Gasteiger partial charge on any atom is -0.333 e. The Morgan fingerprint density at radius 3 is 2.65 bits per heavy atom.